The van der Waals surface area contributed by atoms with Crippen LogP contribution in [0.15, 0.2) is 66.9 Å². The lowest BCUT2D eigenvalue weighted by Crippen LogP contribution is -2.22. The summed E-state index contributed by atoms with van der Waals surface area (Å²) in [6.45, 7) is 4.35. The highest BCUT2D eigenvalue weighted by Crippen LogP contribution is 2.23. The van der Waals surface area contributed by atoms with Crippen molar-refractivity contribution in [3.63, 3.8) is 0 Å². The zero-order valence-corrected chi connectivity index (χ0v) is 14.3. The van der Waals surface area contributed by atoms with Gasteiger partial charge in [0, 0.05) is 18.4 Å². The summed E-state index contributed by atoms with van der Waals surface area (Å²) in [6.07, 6.45) is 1.59. The minimum atomic E-state index is -0.141. The molecule has 0 spiro atoms. The van der Waals surface area contributed by atoms with Gasteiger partial charge in [-0.25, -0.2) is 0 Å². The van der Waals surface area contributed by atoms with Crippen LogP contribution in [-0.4, -0.2) is 10.9 Å². The van der Waals surface area contributed by atoms with Crippen molar-refractivity contribution >= 4 is 5.91 Å². The van der Waals surface area contributed by atoms with Crippen molar-refractivity contribution in [3.8, 4) is 11.5 Å². The van der Waals surface area contributed by atoms with E-state index < -0.39 is 0 Å². The van der Waals surface area contributed by atoms with E-state index in [0.29, 0.717) is 12.1 Å². The molecule has 0 fully saturated rings. The SMILES string of the molecule is Cc1cccc(Oc2cccc(CNC(=O)c3ccc(C)nc3)c2)c1. The van der Waals surface area contributed by atoms with Crippen LogP contribution in [0.1, 0.15) is 27.2 Å². The highest BCUT2D eigenvalue weighted by Gasteiger charge is 2.06. The molecule has 1 amide bonds. The molecule has 0 radical (unpaired) electrons. The van der Waals surface area contributed by atoms with Gasteiger partial charge in [-0.2, -0.15) is 0 Å². The van der Waals surface area contributed by atoms with Crippen molar-refractivity contribution in [3.05, 3.63) is 89.2 Å². The molecule has 3 rings (SSSR count). The Bertz CT molecular complexity index is 873. The molecule has 1 aromatic heterocycles. The summed E-state index contributed by atoms with van der Waals surface area (Å²) in [5, 5.41) is 2.90. The number of hydrogen-bond donors (Lipinski definition) is 1. The maximum absolute atomic E-state index is 12.2. The number of amides is 1. The first-order valence-electron chi connectivity index (χ1n) is 8.14. The van der Waals surface area contributed by atoms with E-state index in [-0.39, 0.29) is 5.91 Å². The van der Waals surface area contributed by atoms with Gasteiger partial charge in [-0.05, 0) is 61.4 Å². The molecule has 0 unspecified atom stereocenters. The van der Waals surface area contributed by atoms with Crippen molar-refractivity contribution in [2.75, 3.05) is 0 Å². The quantitative estimate of drug-likeness (QED) is 0.752. The predicted molar refractivity (Wildman–Crippen MR) is 97.8 cm³/mol. The van der Waals surface area contributed by atoms with Crippen LogP contribution in [0.4, 0.5) is 0 Å². The molecule has 2 aromatic carbocycles. The third-order valence-corrected chi connectivity index (χ3v) is 3.75. The fourth-order valence-electron chi connectivity index (χ4n) is 2.42. The van der Waals surface area contributed by atoms with Crippen LogP contribution in [0, 0.1) is 13.8 Å². The third kappa shape index (κ3) is 4.67. The van der Waals surface area contributed by atoms with E-state index >= 15 is 0 Å². The second-order valence-corrected chi connectivity index (χ2v) is 5.94. The van der Waals surface area contributed by atoms with Crippen LogP contribution in [0.3, 0.4) is 0 Å². The van der Waals surface area contributed by atoms with Crippen LogP contribution in [0.25, 0.3) is 0 Å². The Hall–Kier alpha value is -3.14. The summed E-state index contributed by atoms with van der Waals surface area (Å²) in [5.74, 6) is 1.40. The first kappa shape index (κ1) is 16.7. The standard InChI is InChI=1S/C21H20N2O2/c1-15-5-3-7-19(11-15)25-20-8-4-6-17(12-20)13-23-21(24)18-10-9-16(2)22-14-18/h3-12,14H,13H2,1-2H3,(H,23,24). The molecule has 0 bridgehead atoms. The molecule has 1 heterocycles. The van der Waals surface area contributed by atoms with E-state index in [9.17, 15) is 4.79 Å². The normalized spacial score (nSPS) is 10.3. The molecule has 126 valence electrons. The number of rotatable bonds is 5. The summed E-state index contributed by atoms with van der Waals surface area (Å²) in [6, 6.07) is 19.2. The Morgan fingerprint density at radius 2 is 1.76 bits per heavy atom. The molecule has 3 aromatic rings. The molecule has 0 atom stereocenters. The monoisotopic (exact) mass is 332 g/mol. The van der Waals surface area contributed by atoms with Gasteiger partial charge in [0.1, 0.15) is 11.5 Å². The van der Waals surface area contributed by atoms with Crippen LogP contribution in [0.2, 0.25) is 0 Å². The second-order valence-electron chi connectivity index (χ2n) is 5.94. The molecule has 4 nitrogen and oxygen atoms in total. The van der Waals surface area contributed by atoms with Crippen molar-refractivity contribution in [2.45, 2.75) is 20.4 Å². The van der Waals surface area contributed by atoms with Gasteiger partial charge in [0.25, 0.3) is 5.91 Å². The maximum Gasteiger partial charge on any atom is 0.253 e. The number of ether oxygens (including phenoxy) is 1. The summed E-state index contributed by atoms with van der Waals surface area (Å²) >= 11 is 0. The Kier molecular flexibility index (Phi) is 5.09. The highest BCUT2D eigenvalue weighted by molar-refractivity contribution is 5.93. The van der Waals surface area contributed by atoms with Crippen molar-refractivity contribution in [1.82, 2.24) is 10.3 Å². The summed E-state index contributed by atoms with van der Waals surface area (Å²) in [4.78, 5) is 16.3. The van der Waals surface area contributed by atoms with Crippen molar-refractivity contribution in [2.24, 2.45) is 0 Å². The molecule has 0 saturated carbocycles. The average Bonchev–Trinajstić information content (AvgIpc) is 2.61. The van der Waals surface area contributed by atoms with Crippen molar-refractivity contribution < 1.29 is 9.53 Å². The number of nitrogens with zero attached hydrogens (tertiary/aromatic N) is 1. The highest BCUT2D eigenvalue weighted by atomic mass is 16.5. The lowest BCUT2D eigenvalue weighted by atomic mass is 10.2. The van der Waals surface area contributed by atoms with Gasteiger partial charge in [-0.15, -0.1) is 0 Å². The molecule has 0 saturated heterocycles. The third-order valence-electron chi connectivity index (χ3n) is 3.75. The topological polar surface area (TPSA) is 51.2 Å². The Morgan fingerprint density at radius 3 is 2.48 bits per heavy atom. The Morgan fingerprint density at radius 1 is 1.00 bits per heavy atom. The minimum absolute atomic E-state index is 0.141. The fraction of sp³-hybridized carbons (Fsp3) is 0.143. The van der Waals surface area contributed by atoms with E-state index in [2.05, 4.69) is 10.3 Å². The number of benzene rings is 2. The summed E-state index contributed by atoms with van der Waals surface area (Å²) < 4.78 is 5.88. The summed E-state index contributed by atoms with van der Waals surface area (Å²) in [5.41, 5.74) is 3.56. The number of aryl methyl sites for hydroxylation is 2. The van der Waals surface area contributed by atoms with Crippen LogP contribution in [0.5, 0.6) is 11.5 Å². The number of carbonyl (C=O) groups is 1. The molecule has 1 N–H and O–H groups in total. The first-order chi connectivity index (χ1) is 12.1. The largest absolute Gasteiger partial charge is 0.457 e. The van der Waals surface area contributed by atoms with E-state index in [1.165, 1.54) is 0 Å². The molecule has 4 heteroatoms. The molecule has 0 aliphatic carbocycles. The Balaban J connectivity index is 1.63. The van der Waals surface area contributed by atoms with Crippen molar-refractivity contribution in [1.29, 1.82) is 0 Å². The fourth-order valence-corrected chi connectivity index (χ4v) is 2.42. The molecule has 0 aliphatic heterocycles. The van der Waals surface area contributed by atoms with Gasteiger partial charge >= 0.3 is 0 Å². The zero-order chi connectivity index (χ0) is 17.6. The van der Waals surface area contributed by atoms with E-state index in [4.69, 9.17) is 4.74 Å². The van der Waals surface area contributed by atoms with Gasteiger partial charge in [0.05, 0.1) is 5.56 Å². The number of aromatic nitrogens is 1. The lowest BCUT2D eigenvalue weighted by molar-refractivity contribution is 0.0950. The van der Waals surface area contributed by atoms with E-state index in [1.807, 2.05) is 68.4 Å². The Labute approximate surface area is 147 Å². The minimum Gasteiger partial charge on any atom is -0.457 e. The maximum atomic E-state index is 12.2. The van der Waals surface area contributed by atoms with Crippen LogP contribution in [-0.2, 0) is 6.54 Å². The molecule has 0 aliphatic rings. The molecular formula is C21H20N2O2. The van der Waals surface area contributed by atoms with Gasteiger partial charge in [-0.1, -0.05) is 24.3 Å². The second kappa shape index (κ2) is 7.62. The first-order valence-corrected chi connectivity index (χ1v) is 8.14. The summed E-state index contributed by atoms with van der Waals surface area (Å²) in [7, 11) is 0. The van der Waals surface area contributed by atoms with Crippen LogP contribution >= 0.6 is 0 Å². The van der Waals surface area contributed by atoms with Gasteiger partial charge in [0.15, 0.2) is 0 Å². The predicted octanol–water partition coefficient (Wildman–Crippen LogP) is 4.42. The number of nitrogens with one attached hydrogen (secondary N) is 1. The smallest absolute Gasteiger partial charge is 0.253 e. The van der Waals surface area contributed by atoms with Gasteiger partial charge in [0.2, 0.25) is 0 Å². The number of pyridine rings is 1. The zero-order valence-electron chi connectivity index (χ0n) is 14.3. The number of carbonyl (C=O) groups excluding carboxylic acids is 1. The number of hydrogen-bond acceptors (Lipinski definition) is 3. The molecular weight excluding hydrogens is 312 g/mol. The molecule has 25 heavy (non-hydrogen) atoms. The van der Waals surface area contributed by atoms with Crippen LogP contribution < -0.4 is 10.1 Å². The van der Waals surface area contributed by atoms with E-state index in [0.717, 1.165) is 28.3 Å². The average molecular weight is 332 g/mol. The van der Waals surface area contributed by atoms with E-state index in [1.54, 1.807) is 12.3 Å². The van der Waals surface area contributed by atoms with Gasteiger partial charge < -0.3 is 10.1 Å². The lowest BCUT2D eigenvalue weighted by Gasteiger charge is -2.09. The van der Waals surface area contributed by atoms with Gasteiger partial charge in [-0.3, -0.25) is 9.78 Å².